The molecular weight excluding hydrogens is 228 g/mol. The van der Waals surface area contributed by atoms with Gasteiger partial charge in [0.25, 0.3) is 0 Å². The van der Waals surface area contributed by atoms with E-state index in [9.17, 15) is 0 Å². The van der Waals surface area contributed by atoms with E-state index in [2.05, 4.69) is 27.0 Å². The molecule has 2 atom stereocenters. The Kier molecular flexibility index (Phi) is 2.87. The van der Waals surface area contributed by atoms with E-state index in [1.807, 2.05) is 10.6 Å². The summed E-state index contributed by atoms with van der Waals surface area (Å²) in [4.78, 5) is 6.75. The molecule has 6 heteroatoms. The van der Waals surface area contributed by atoms with Crippen molar-refractivity contribution < 1.29 is 0 Å². The van der Waals surface area contributed by atoms with Crippen LogP contribution in [0.25, 0.3) is 5.65 Å². The van der Waals surface area contributed by atoms with Crippen LogP contribution < -0.4 is 10.6 Å². The molecule has 2 aromatic heterocycles. The fraction of sp³-hybridized carbons (Fsp3) is 0.583. The average Bonchev–Trinajstić information content (AvgIpc) is 2.86. The van der Waals surface area contributed by atoms with Gasteiger partial charge in [0.05, 0.1) is 0 Å². The quantitative estimate of drug-likeness (QED) is 0.844. The smallest absolute Gasteiger partial charge is 0.203 e. The van der Waals surface area contributed by atoms with Gasteiger partial charge in [-0.25, -0.2) is 4.98 Å². The summed E-state index contributed by atoms with van der Waals surface area (Å²) in [6.45, 7) is 3.93. The van der Waals surface area contributed by atoms with Gasteiger partial charge >= 0.3 is 0 Å². The molecule has 0 bridgehead atoms. The summed E-state index contributed by atoms with van der Waals surface area (Å²) in [6.07, 6.45) is 7.64. The molecule has 1 aliphatic rings. The molecule has 0 radical (unpaired) electrons. The van der Waals surface area contributed by atoms with Crippen molar-refractivity contribution in [3.63, 3.8) is 0 Å². The molecule has 0 amide bonds. The molecule has 1 fully saturated rings. The van der Waals surface area contributed by atoms with Crippen LogP contribution in [0.2, 0.25) is 0 Å². The highest BCUT2D eigenvalue weighted by Crippen LogP contribution is 2.27. The van der Waals surface area contributed by atoms with Gasteiger partial charge in [-0.1, -0.05) is 6.92 Å². The van der Waals surface area contributed by atoms with E-state index < -0.39 is 0 Å². The molecule has 1 aliphatic heterocycles. The lowest BCUT2D eigenvalue weighted by Gasteiger charge is -2.38. The summed E-state index contributed by atoms with van der Waals surface area (Å²) in [5.74, 6) is 1.63. The lowest BCUT2D eigenvalue weighted by molar-refractivity contribution is 0.365. The second-order valence-corrected chi connectivity index (χ2v) is 5.03. The van der Waals surface area contributed by atoms with E-state index in [1.54, 1.807) is 12.5 Å². The molecule has 0 saturated carbocycles. The Balaban J connectivity index is 2.00. The topological polar surface area (TPSA) is 72.3 Å². The third-order valence-electron chi connectivity index (χ3n) is 3.72. The first-order valence-corrected chi connectivity index (χ1v) is 6.40. The van der Waals surface area contributed by atoms with Gasteiger partial charge in [0.2, 0.25) is 5.65 Å². The van der Waals surface area contributed by atoms with E-state index in [1.165, 1.54) is 6.42 Å². The Bertz CT molecular complexity index is 536. The number of rotatable bonds is 2. The maximum absolute atomic E-state index is 5.90. The molecule has 1 saturated heterocycles. The van der Waals surface area contributed by atoms with Crippen LogP contribution in [0.5, 0.6) is 0 Å². The van der Waals surface area contributed by atoms with Crippen LogP contribution in [0.15, 0.2) is 18.7 Å². The summed E-state index contributed by atoms with van der Waals surface area (Å²) in [7, 11) is 0. The summed E-state index contributed by atoms with van der Waals surface area (Å²) < 4.78 is 1.90. The zero-order valence-electron chi connectivity index (χ0n) is 10.5. The lowest BCUT2D eigenvalue weighted by Crippen LogP contribution is -2.47. The van der Waals surface area contributed by atoms with E-state index in [0.717, 1.165) is 30.3 Å². The molecule has 0 aliphatic carbocycles. The number of piperidine rings is 1. The van der Waals surface area contributed by atoms with E-state index in [4.69, 9.17) is 5.73 Å². The molecule has 6 nitrogen and oxygen atoms in total. The Morgan fingerprint density at radius 1 is 1.50 bits per heavy atom. The van der Waals surface area contributed by atoms with Crippen LogP contribution in [0.3, 0.4) is 0 Å². The molecule has 0 aromatic carbocycles. The lowest BCUT2D eigenvalue weighted by atomic mass is 9.92. The predicted molar refractivity (Wildman–Crippen MR) is 69.4 cm³/mol. The fourth-order valence-electron chi connectivity index (χ4n) is 2.70. The zero-order chi connectivity index (χ0) is 12.5. The van der Waals surface area contributed by atoms with Crippen molar-refractivity contribution in [1.82, 2.24) is 19.6 Å². The molecule has 2 aromatic rings. The van der Waals surface area contributed by atoms with Gasteiger partial charge in [-0.05, 0) is 18.8 Å². The number of fused-ring (bicyclic) bond motifs is 1. The number of nitrogens with two attached hydrogens (primary N) is 1. The summed E-state index contributed by atoms with van der Waals surface area (Å²) in [5, 5.41) is 8.09. The molecule has 3 heterocycles. The first-order valence-electron chi connectivity index (χ1n) is 6.40. The van der Waals surface area contributed by atoms with Crippen LogP contribution in [-0.4, -0.2) is 38.7 Å². The van der Waals surface area contributed by atoms with Crippen molar-refractivity contribution in [2.75, 3.05) is 18.0 Å². The Labute approximate surface area is 106 Å². The number of anilines is 1. The minimum Gasteiger partial charge on any atom is -0.349 e. The highest BCUT2D eigenvalue weighted by Gasteiger charge is 2.27. The van der Waals surface area contributed by atoms with Crippen molar-refractivity contribution in [3.05, 3.63) is 18.7 Å². The first kappa shape index (κ1) is 11.4. The van der Waals surface area contributed by atoms with Gasteiger partial charge in [-0.3, -0.25) is 4.40 Å². The minimum atomic E-state index is 0.351. The van der Waals surface area contributed by atoms with Gasteiger partial charge < -0.3 is 10.6 Å². The van der Waals surface area contributed by atoms with Gasteiger partial charge in [0.15, 0.2) is 5.82 Å². The fourth-order valence-corrected chi connectivity index (χ4v) is 2.70. The maximum atomic E-state index is 5.90. The normalized spacial score (nSPS) is 24.7. The monoisotopic (exact) mass is 246 g/mol. The van der Waals surface area contributed by atoms with Crippen molar-refractivity contribution >= 4 is 11.5 Å². The van der Waals surface area contributed by atoms with Crippen LogP contribution in [0.4, 0.5) is 5.82 Å². The summed E-state index contributed by atoms with van der Waals surface area (Å²) in [6, 6.07) is 0.351. The predicted octanol–water partition coefficient (Wildman–Crippen LogP) is 0.688. The van der Waals surface area contributed by atoms with Crippen molar-refractivity contribution in [2.45, 2.75) is 25.8 Å². The van der Waals surface area contributed by atoms with Gasteiger partial charge in [-0.2, -0.15) is 0 Å². The standard InChI is InChI=1S/C12H18N6/c1-9-2-4-18(10(6-9)7-13)11-12-16-15-8-17(12)5-3-14-11/h3,5,8-10H,2,4,6-7,13H2,1H3. The molecule has 2 N–H and O–H groups in total. The second-order valence-electron chi connectivity index (χ2n) is 5.03. The van der Waals surface area contributed by atoms with E-state index in [-0.39, 0.29) is 0 Å². The number of hydrogen-bond donors (Lipinski definition) is 1. The molecule has 18 heavy (non-hydrogen) atoms. The van der Waals surface area contributed by atoms with E-state index >= 15 is 0 Å². The van der Waals surface area contributed by atoms with Crippen LogP contribution in [-0.2, 0) is 0 Å². The average molecular weight is 246 g/mol. The van der Waals surface area contributed by atoms with Gasteiger partial charge in [0.1, 0.15) is 6.33 Å². The van der Waals surface area contributed by atoms with Crippen LogP contribution in [0.1, 0.15) is 19.8 Å². The Morgan fingerprint density at radius 2 is 2.39 bits per heavy atom. The Hall–Kier alpha value is -1.69. The van der Waals surface area contributed by atoms with Crippen molar-refractivity contribution in [1.29, 1.82) is 0 Å². The maximum Gasteiger partial charge on any atom is 0.203 e. The SMILES string of the molecule is CC1CCN(c2nccn3cnnc23)C(CN)C1. The number of aromatic nitrogens is 4. The molecule has 3 rings (SSSR count). The minimum absolute atomic E-state index is 0.351. The molecule has 2 unspecified atom stereocenters. The van der Waals surface area contributed by atoms with Crippen LogP contribution in [0, 0.1) is 5.92 Å². The number of nitrogens with zero attached hydrogens (tertiary/aromatic N) is 5. The Morgan fingerprint density at radius 3 is 3.22 bits per heavy atom. The zero-order valence-corrected chi connectivity index (χ0v) is 10.5. The third kappa shape index (κ3) is 1.82. The second kappa shape index (κ2) is 4.53. The highest BCUT2D eigenvalue weighted by atomic mass is 15.3. The molecule has 0 spiro atoms. The largest absolute Gasteiger partial charge is 0.349 e. The van der Waals surface area contributed by atoms with Gasteiger partial charge in [0, 0.05) is 31.5 Å². The van der Waals surface area contributed by atoms with Crippen molar-refractivity contribution in [2.24, 2.45) is 11.7 Å². The van der Waals surface area contributed by atoms with Gasteiger partial charge in [-0.15, -0.1) is 10.2 Å². The van der Waals surface area contributed by atoms with E-state index in [0.29, 0.717) is 12.6 Å². The first-order chi connectivity index (χ1) is 8.79. The van der Waals surface area contributed by atoms with Crippen molar-refractivity contribution in [3.8, 4) is 0 Å². The summed E-state index contributed by atoms with van der Waals surface area (Å²) in [5.41, 5.74) is 6.71. The number of hydrogen-bond acceptors (Lipinski definition) is 5. The molecule has 96 valence electrons. The summed E-state index contributed by atoms with van der Waals surface area (Å²) >= 11 is 0. The highest BCUT2D eigenvalue weighted by molar-refractivity contribution is 5.64. The van der Waals surface area contributed by atoms with Crippen LogP contribution >= 0.6 is 0 Å². The third-order valence-corrected chi connectivity index (χ3v) is 3.72. The molecular formula is C12H18N6.